The molecule has 0 aliphatic heterocycles. The lowest BCUT2D eigenvalue weighted by molar-refractivity contribution is 0.133. The molecule has 3 atom stereocenters. The molecular formula is C13H22. The first kappa shape index (κ1) is 9.30. The first-order chi connectivity index (χ1) is 6.14. The van der Waals surface area contributed by atoms with E-state index in [1.807, 2.05) is 0 Å². The molecule has 0 heterocycles. The van der Waals surface area contributed by atoms with E-state index < -0.39 is 0 Å². The second-order valence-electron chi connectivity index (χ2n) is 5.36. The second kappa shape index (κ2) is 3.15. The molecule has 1 fully saturated rings. The Morgan fingerprint density at radius 1 is 1.31 bits per heavy atom. The van der Waals surface area contributed by atoms with Gasteiger partial charge < -0.3 is 0 Å². The second-order valence-corrected chi connectivity index (χ2v) is 5.36. The van der Waals surface area contributed by atoms with Crippen LogP contribution in [0.1, 0.15) is 52.9 Å². The fourth-order valence-electron chi connectivity index (χ4n) is 3.27. The molecule has 2 aliphatic rings. The minimum absolute atomic E-state index is 0.565. The van der Waals surface area contributed by atoms with Gasteiger partial charge in [-0.15, -0.1) is 0 Å². The van der Waals surface area contributed by atoms with Crippen LogP contribution in [0.4, 0.5) is 0 Å². The molecular weight excluding hydrogens is 156 g/mol. The quantitative estimate of drug-likeness (QED) is 0.488. The highest BCUT2D eigenvalue weighted by molar-refractivity contribution is 5.20. The summed E-state index contributed by atoms with van der Waals surface area (Å²) in [6.45, 7) is 7.37. The van der Waals surface area contributed by atoms with Crippen molar-refractivity contribution in [3.8, 4) is 0 Å². The van der Waals surface area contributed by atoms with Gasteiger partial charge in [-0.25, -0.2) is 0 Å². The zero-order chi connectivity index (χ0) is 9.47. The van der Waals surface area contributed by atoms with Crippen LogP contribution in [-0.2, 0) is 0 Å². The van der Waals surface area contributed by atoms with Gasteiger partial charge in [0.2, 0.25) is 0 Å². The summed E-state index contributed by atoms with van der Waals surface area (Å²) in [5.74, 6) is 1.79. The minimum atomic E-state index is 0.565. The third-order valence-corrected chi connectivity index (χ3v) is 4.72. The maximum atomic E-state index is 2.55. The molecule has 0 radical (unpaired) electrons. The fourth-order valence-corrected chi connectivity index (χ4v) is 3.27. The normalized spacial score (nSPS) is 45.3. The van der Waals surface area contributed by atoms with Gasteiger partial charge in [0, 0.05) is 0 Å². The van der Waals surface area contributed by atoms with E-state index in [1.165, 1.54) is 32.1 Å². The summed E-state index contributed by atoms with van der Waals surface area (Å²) < 4.78 is 0. The van der Waals surface area contributed by atoms with Crippen molar-refractivity contribution in [3.05, 3.63) is 11.6 Å². The van der Waals surface area contributed by atoms with Gasteiger partial charge in [-0.05, 0) is 42.9 Å². The molecule has 0 spiro atoms. The van der Waals surface area contributed by atoms with Crippen LogP contribution in [0.15, 0.2) is 11.6 Å². The summed E-state index contributed by atoms with van der Waals surface area (Å²) in [6, 6.07) is 0. The van der Waals surface area contributed by atoms with Gasteiger partial charge in [-0.1, -0.05) is 38.8 Å². The number of hydrogen-bond donors (Lipinski definition) is 0. The fraction of sp³-hybridized carbons (Fsp3) is 0.846. The van der Waals surface area contributed by atoms with Gasteiger partial charge in [0.05, 0.1) is 0 Å². The van der Waals surface area contributed by atoms with Crippen molar-refractivity contribution in [2.75, 3.05) is 0 Å². The monoisotopic (exact) mass is 178 g/mol. The van der Waals surface area contributed by atoms with Gasteiger partial charge in [-0.2, -0.15) is 0 Å². The van der Waals surface area contributed by atoms with Gasteiger partial charge in [0.15, 0.2) is 0 Å². The molecule has 0 aromatic carbocycles. The zero-order valence-corrected chi connectivity index (χ0v) is 9.27. The molecule has 1 saturated carbocycles. The molecule has 0 saturated heterocycles. The average Bonchev–Trinajstić information content (AvgIpc) is 2.13. The Labute approximate surface area is 82.4 Å². The summed E-state index contributed by atoms with van der Waals surface area (Å²) >= 11 is 0. The lowest BCUT2D eigenvalue weighted by atomic mass is 9.58. The largest absolute Gasteiger partial charge is 0.0845 e. The predicted octanol–water partition coefficient (Wildman–Crippen LogP) is 4.17. The summed E-state index contributed by atoms with van der Waals surface area (Å²) in [5.41, 5.74) is 2.35. The highest BCUT2D eigenvalue weighted by Gasteiger charge is 2.40. The van der Waals surface area contributed by atoms with Crippen molar-refractivity contribution in [1.29, 1.82) is 0 Å². The summed E-state index contributed by atoms with van der Waals surface area (Å²) in [4.78, 5) is 0. The molecule has 3 unspecified atom stereocenters. The van der Waals surface area contributed by atoms with Crippen molar-refractivity contribution in [3.63, 3.8) is 0 Å². The van der Waals surface area contributed by atoms with Crippen LogP contribution in [0.5, 0.6) is 0 Å². The molecule has 74 valence electrons. The number of rotatable bonds is 0. The van der Waals surface area contributed by atoms with E-state index in [9.17, 15) is 0 Å². The number of allylic oxidation sites excluding steroid dienone is 2. The SMILES string of the molecule is CC1CC=C2CCCCC2(C)C1C. The van der Waals surface area contributed by atoms with Crippen molar-refractivity contribution < 1.29 is 0 Å². The van der Waals surface area contributed by atoms with Crippen molar-refractivity contribution in [1.82, 2.24) is 0 Å². The maximum absolute atomic E-state index is 2.55. The van der Waals surface area contributed by atoms with Crippen LogP contribution >= 0.6 is 0 Å². The molecule has 0 aromatic rings. The highest BCUT2D eigenvalue weighted by Crippen LogP contribution is 2.51. The van der Waals surface area contributed by atoms with Crippen molar-refractivity contribution >= 4 is 0 Å². The molecule has 0 heteroatoms. The molecule has 2 rings (SSSR count). The van der Waals surface area contributed by atoms with Crippen LogP contribution in [-0.4, -0.2) is 0 Å². The summed E-state index contributed by atoms with van der Waals surface area (Å²) in [7, 11) is 0. The number of hydrogen-bond acceptors (Lipinski definition) is 0. The maximum Gasteiger partial charge on any atom is -0.00881 e. The van der Waals surface area contributed by atoms with E-state index in [0.29, 0.717) is 5.41 Å². The van der Waals surface area contributed by atoms with E-state index in [4.69, 9.17) is 0 Å². The van der Waals surface area contributed by atoms with Gasteiger partial charge in [0.25, 0.3) is 0 Å². The van der Waals surface area contributed by atoms with Crippen molar-refractivity contribution in [2.24, 2.45) is 17.3 Å². The Hall–Kier alpha value is -0.260. The minimum Gasteiger partial charge on any atom is -0.0845 e. The smallest absolute Gasteiger partial charge is 0.00881 e. The summed E-state index contributed by atoms with van der Waals surface area (Å²) in [5, 5.41) is 0. The Bertz CT molecular complexity index is 226. The van der Waals surface area contributed by atoms with Crippen molar-refractivity contribution in [2.45, 2.75) is 52.9 Å². The third kappa shape index (κ3) is 1.35. The predicted molar refractivity (Wildman–Crippen MR) is 57.6 cm³/mol. The van der Waals surface area contributed by atoms with E-state index in [-0.39, 0.29) is 0 Å². The Morgan fingerprint density at radius 3 is 2.85 bits per heavy atom. The Kier molecular flexibility index (Phi) is 2.25. The van der Waals surface area contributed by atoms with Crippen LogP contribution in [0.2, 0.25) is 0 Å². The van der Waals surface area contributed by atoms with Crippen LogP contribution in [0, 0.1) is 17.3 Å². The molecule has 0 bridgehead atoms. The van der Waals surface area contributed by atoms with Crippen LogP contribution in [0.3, 0.4) is 0 Å². The molecule has 0 amide bonds. The van der Waals surface area contributed by atoms with Gasteiger partial charge >= 0.3 is 0 Å². The topological polar surface area (TPSA) is 0 Å². The third-order valence-electron chi connectivity index (χ3n) is 4.72. The molecule has 2 aliphatic carbocycles. The highest BCUT2D eigenvalue weighted by atomic mass is 14.5. The lowest BCUT2D eigenvalue weighted by Crippen LogP contribution is -2.36. The van der Waals surface area contributed by atoms with E-state index in [2.05, 4.69) is 26.8 Å². The summed E-state index contributed by atoms with van der Waals surface area (Å²) in [6.07, 6.45) is 9.57. The lowest BCUT2D eigenvalue weighted by Gasteiger charge is -2.47. The van der Waals surface area contributed by atoms with E-state index >= 15 is 0 Å². The van der Waals surface area contributed by atoms with Gasteiger partial charge in [0.1, 0.15) is 0 Å². The van der Waals surface area contributed by atoms with E-state index in [0.717, 1.165) is 11.8 Å². The molecule has 0 nitrogen and oxygen atoms in total. The molecule has 0 N–H and O–H groups in total. The van der Waals surface area contributed by atoms with Crippen LogP contribution in [0.25, 0.3) is 0 Å². The Morgan fingerprint density at radius 2 is 2.08 bits per heavy atom. The Balaban J connectivity index is 2.30. The first-order valence-electron chi connectivity index (χ1n) is 5.84. The van der Waals surface area contributed by atoms with Crippen LogP contribution < -0.4 is 0 Å². The number of fused-ring (bicyclic) bond motifs is 1. The van der Waals surface area contributed by atoms with Gasteiger partial charge in [-0.3, -0.25) is 0 Å². The molecule has 13 heavy (non-hydrogen) atoms. The first-order valence-corrected chi connectivity index (χ1v) is 5.84. The standard InChI is InChI=1S/C13H22/c1-10-7-8-12-6-4-5-9-13(12,3)11(10)2/h8,10-11H,4-7,9H2,1-3H3. The zero-order valence-electron chi connectivity index (χ0n) is 9.27. The van der Waals surface area contributed by atoms with E-state index in [1.54, 1.807) is 5.57 Å². The average molecular weight is 178 g/mol. The molecule has 0 aromatic heterocycles.